The SMILES string of the molecule is N=C(N)c1ccc(COc2ccc3c(c2)CCC([N-]CC(=O)O)C3)cc1.[Ac]. The Morgan fingerprint density at radius 2 is 1.96 bits per heavy atom. The molecule has 1 radical (unpaired) electrons. The van der Waals surface area contributed by atoms with Crippen molar-refractivity contribution in [3.8, 4) is 5.75 Å². The number of hydrogen-bond donors (Lipinski definition) is 3. The van der Waals surface area contributed by atoms with Gasteiger partial charge in [-0.3, -0.25) is 10.2 Å². The average molecular weight is 579 g/mol. The molecule has 27 heavy (non-hydrogen) atoms. The van der Waals surface area contributed by atoms with Gasteiger partial charge in [0, 0.05) is 49.6 Å². The summed E-state index contributed by atoms with van der Waals surface area (Å²) in [6.45, 7) is 0.331. The zero-order valence-electron chi connectivity index (χ0n) is 15.0. The number of amidine groups is 1. The van der Waals surface area contributed by atoms with Crippen LogP contribution < -0.4 is 10.5 Å². The molecule has 3 rings (SSSR count). The molecule has 4 N–H and O–H groups in total. The first kappa shape index (κ1) is 21.9. The maximum Gasteiger partial charge on any atom is 0.282 e. The third kappa shape index (κ3) is 6.31. The van der Waals surface area contributed by atoms with Crippen molar-refractivity contribution in [2.45, 2.75) is 31.9 Å². The van der Waals surface area contributed by atoms with Gasteiger partial charge in [-0.2, -0.15) is 0 Å². The molecule has 0 fully saturated rings. The van der Waals surface area contributed by atoms with E-state index in [9.17, 15) is 4.79 Å². The van der Waals surface area contributed by atoms with E-state index in [-0.39, 0.29) is 62.5 Å². The summed E-state index contributed by atoms with van der Waals surface area (Å²) < 4.78 is 5.88. The molecule has 1 aliphatic carbocycles. The van der Waals surface area contributed by atoms with Gasteiger partial charge >= 0.3 is 0 Å². The second-order valence-electron chi connectivity index (χ2n) is 6.46. The molecule has 2 aromatic rings. The van der Waals surface area contributed by atoms with Crippen LogP contribution in [0.25, 0.3) is 5.32 Å². The Kier molecular flexibility index (Phi) is 8.28. The molecule has 0 heterocycles. The molecule has 0 saturated heterocycles. The topological polar surface area (TPSA) is 111 Å². The van der Waals surface area contributed by atoms with Crippen molar-refractivity contribution in [3.63, 3.8) is 0 Å². The first-order valence-electron chi connectivity index (χ1n) is 8.57. The Bertz CT molecular complexity index is 809. The molecular formula is C20H22AcN3O3-. The zero-order chi connectivity index (χ0) is 18.5. The number of carbonyl (C=O) groups is 1. The van der Waals surface area contributed by atoms with E-state index in [4.69, 9.17) is 21.0 Å². The van der Waals surface area contributed by atoms with Gasteiger partial charge in [0.2, 0.25) is 0 Å². The smallest absolute Gasteiger partial charge is 0.282 e. The monoisotopic (exact) mass is 579 g/mol. The van der Waals surface area contributed by atoms with E-state index in [1.54, 1.807) is 0 Å². The number of carboxylic acids is 1. The number of nitrogens with two attached hydrogens (primary N) is 1. The predicted octanol–water partition coefficient (Wildman–Crippen LogP) is 2.87. The fourth-order valence-corrected chi connectivity index (χ4v) is 3.11. The number of carboxylic acid groups (broad SMARTS) is 1. The first-order chi connectivity index (χ1) is 12.5. The van der Waals surface area contributed by atoms with Gasteiger partial charge in [-0.1, -0.05) is 36.8 Å². The van der Waals surface area contributed by atoms with E-state index >= 15 is 0 Å². The summed E-state index contributed by atoms with van der Waals surface area (Å²) in [6.07, 6.45) is 2.54. The van der Waals surface area contributed by atoms with E-state index in [0.29, 0.717) is 12.2 Å². The maximum absolute atomic E-state index is 10.6. The van der Waals surface area contributed by atoms with Crippen LogP contribution in [-0.4, -0.2) is 29.5 Å². The Labute approximate surface area is 194 Å². The van der Waals surface area contributed by atoms with E-state index in [2.05, 4.69) is 11.4 Å². The fourth-order valence-electron chi connectivity index (χ4n) is 3.11. The third-order valence-electron chi connectivity index (χ3n) is 4.54. The van der Waals surface area contributed by atoms with E-state index < -0.39 is 5.97 Å². The van der Waals surface area contributed by atoms with Gasteiger partial charge in [0.1, 0.15) is 18.2 Å². The molecule has 0 aromatic heterocycles. The summed E-state index contributed by atoms with van der Waals surface area (Å²) in [4.78, 5) is 10.6. The van der Waals surface area contributed by atoms with Crippen LogP contribution in [0.15, 0.2) is 42.5 Å². The van der Waals surface area contributed by atoms with Crippen molar-refractivity contribution >= 4 is 11.8 Å². The molecule has 1 atom stereocenters. The normalized spacial score (nSPS) is 15.3. The molecule has 2 aromatic carbocycles. The van der Waals surface area contributed by atoms with Crippen LogP contribution in [0.5, 0.6) is 5.75 Å². The standard InChI is InChI=1S/C20H22N3O3.Ac/c21-20(22)14-3-1-13(2-4-14)12-26-18-8-6-15-9-17(23-11-19(24)25)7-5-16(15)10-18;/h1-4,6,8,10,17H,5,7,9,11-12H2,(H3,21,22)(H,24,25);/q-1;. The van der Waals surface area contributed by atoms with Gasteiger partial charge in [-0.05, 0) is 48.2 Å². The molecular weight excluding hydrogens is 557 g/mol. The minimum Gasteiger partial charge on any atom is -0.650 e. The Morgan fingerprint density at radius 3 is 2.63 bits per heavy atom. The van der Waals surface area contributed by atoms with Gasteiger partial charge in [0.25, 0.3) is 5.97 Å². The minimum absolute atomic E-state index is 0. The van der Waals surface area contributed by atoms with Gasteiger partial charge in [0.15, 0.2) is 0 Å². The fraction of sp³-hybridized carbons (Fsp3) is 0.300. The van der Waals surface area contributed by atoms with Crippen LogP contribution >= 0.6 is 0 Å². The number of aliphatic carboxylic acids is 1. The zero-order valence-corrected chi connectivity index (χ0v) is 19.8. The van der Waals surface area contributed by atoms with Gasteiger partial charge in [-0.25, -0.2) is 0 Å². The van der Waals surface area contributed by atoms with Crippen LogP contribution in [0, 0.1) is 49.5 Å². The van der Waals surface area contributed by atoms with Crippen LogP contribution in [-0.2, 0) is 24.2 Å². The summed E-state index contributed by atoms with van der Waals surface area (Å²) in [6, 6.07) is 13.6. The number of nitrogens with one attached hydrogen (secondary N) is 1. The second kappa shape index (κ2) is 10.2. The quantitative estimate of drug-likeness (QED) is 0.346. The number of hydrogen-bond acceptors (Lipinski definition) is 3. The Balaban J connectivity index is 0.00000261. The number of nitrogens with zero attached hydrogens (tertiary/aromatic N) is 1. The first-order valence-corrected chi connectivity index (χ1v) is 8.57. The molecule has 1 aliphatic rings. The number of ether oxygens (including phenoxy) is 1. The Morgan fingerprint density at radius 1 is 1.22 bits per heavy atom. The van der Waals surface area contributed by atoms with E-state index in [0.717, 1.165) is 30.6 Å². The summed E-state index contributed by atoms with van der Waals surface area (Å²) in [5.74, 6) is -0.00301. The average Bonchev–Trinajstić information content (AvgIpc) is 2.64. The number of rotatable bonds is 7. The summed E-state index contributed by atoms with van der Waals surface area (Å²) >= 11 is 0. The second-order valence-corrected chi connectivity index (χ2v) is 6.46. The Hall–Kier alpha value is -1.42. The number of fused-ring (bicyclic) bond motifs is 1. The van der Waals surface area contributed by atoms with Crippen molar-refractivity contribution in [2.75, 3.05) is 6.54 Å². The van der Waals surface area contributed by atoms with Gasteiger partial charge < -0.3 is 20.9 Å². The van der Waals surface area contributed by atoms with Crippen molar-refractivity contribution in [3.05, 3.63) is 70.0 Å². The van der Waals surface area contributed by atoms with Crippen molar-refractivity contribution in [2.24, 2.45) is 5.73 Å². The summed E-state index contributed by atoms with van der Waals surface area (Å²) in [7, 11) is 0. The number of aryl methyl sites for hydroxylation is 1. The molecule has 0 spiro atoms. The van der Waals surface area contributed by atoms with Crippen molar-refractivity contribution in [1.29, 1.82) is 5.41 Å². The van der Waals surface area contributed by atoms with Crippen molar-refractivity contribution in [1.82, 2.24) is 0 Å². The molecule has 6 nitrogen and oxygen atoms in total. The van der Waals surface area contributed by atoms with Crippen LogP contribution in [0.3, 0.4) is 0 Å². The third-order valence-corrected chi connectivity index (χ3v) is 4.54. The predicted molar refractivity (Wildman–Crippen MR) is 99.9 cm³/mol. The van der Waals surface area contributed by atoms with E-state index in [1.807, 2.05) is 36.4 Å². The molecule has 0 amide bonds. The van der Waals surface area contributed by atoms with Crippen molar-refractivity contribution < 1.29 is 58.7 Å². The summed E-state index contributed by atoms with van der Waals surface area (Å²) in [5.41, 5.74) is 9.63. The van der Waals surface area contributed by atoms with Crippen LogP contribution in [0.4, 0.5) is 0 Å². The largest absolute Gasteiger partial charge is 0.650 e. The number of benzene rings is 2. The number of nitrogen functional groups attached to an aromatic ring is 1. The summed E-state index contributed by atoms with van der Waals surface area (Å²) in [5, 5.41) is 20.4. The molecule has 1 unspecified atom stereocenters. The van der Waals surface area contributed by atoms with Gasteiger partial charge in [-0.15, -0.1) is 6.04 Å². The van der Waals surface area contributed by atoms with Gasteiger partial charge in [0.05, 0.1) is 0 Å². The maximum atomic E-state index is 10.6. The molecule has 0 bridgehead atoms. The molecule has 0 aliphatic heterocycles. The van der Waals surface area contributed by atoms with E-state index in [1.165, 1.54) is 11.1 Å². The van der Waals surface area contributed by atoms with Crippen LogP contribution in [0.1, 0.15) is 28.7 Å². The molecule has 7 heteroatoms. The minimum atomic E-state index is -0.879. The molecule has 139 valence electrons. The van der Waals surface area contributed by atoms with Crippen LogP contribution in [0.2, 0.25) is 0 Å². The molecule has 0 saturated carbocycles.